The number of hydrogen-bond acceptors (Lipinski definition) is 4. The summed E-state index contributed by atoms with van der Waals surface area (Å²) in [6, 6.07) is 10.5. The first-order valence-corrected chi connectivity index (χ1v) is 12.7. The van der Waals surface area contributed by atoms with E-state index in [9.17, 15) is 13.2 Å². The molecule has 0 spiro atoms. The van der Waals surface area contributed by atoms with Crippen molar-refractivity contribution in [1.29, 1.82) is 0 Å². The maximum atomic E-state index is 12.8. The summed E-state index contributed by atoms with van der Waals surface area (Å²) in [4.78, 5) is 18.7. The van der Waals surface area contributed by atoms with Gasteiger partial charge < -0.3 is 9.47 Å². The van der Waals surface area contributed by atoms with Gasteiger partial charge in [-0.05, 0) is 49.5 Å². The molecule has 0 bridgehead atoms. The molecule has 4 rings (SSSR count). The van der Waals surface area contributed by atoms with E-state index in [0.29, 0.717) is 24.9 Å². The molecule has 0 saturated carbocycles. The van der Waals surface area contributed by atoms with Crippen LogP contribution in [0.1, 0.15) is 38.2 Å². The molecule has 0 unspecified atom stereocenters. The molecule has 0 N–H and O–H groups in total. The van der Waals surface area contributed by atoms with Crippen LogP contribution in [0, 0.1) is 11.8 Å². The molecule has 8 heteroatoms. The summed E-state index contributed by atoms with van der Waals surface area (Å²) in [6.45, 7) is 4.85. The van der Waals surface area contributed by atoms with Crippen LogP contribution in [0.5, 0.6) is 0 Å². The lowest BCUT2D eigenvalue weighted by molar-refractivity contribution is -0.133. The molecule has 7 nitrogen and oxygen atoms in total. The van der Waals surface area contributed by atoms with Crippen LogP contribution in [-0.2, 0) is 27.8 Å². The van der Waals surface area contributed by atoms with E-state index in [1.165, 1.54) is 22.4 Å². The van der Waals surface area contributed by atoms with Gasteiger partial charge in [0.2, 0.25) is 5.91 Å². The maximum absolute atomic E-state index is 12.8. The molecule has 2 fully saturated rings. The highest BCUT2D eigenvalue weighted by Crippen LogP contribution is 2.24. The van der Waals surface area contributed by atoms with Crippen molar-refractivity contribution in [2.75, 3.05) is 26.2 Å². The van der Waals surface area contributed by atoms with E-state index in [-0.39, 0.29) is 17.5 Å². The minimum atomic E-state index is -3.59. The Morgan fingerprint density at radius 1 is 1.03 bits per heavy atom. The molecule has 1 amide bonds. The summed E-state index contributed by atoms with van der Waals surface area (Å²) in [7, 11) is -3.59. The summed E-state index contributed by atoms with van der Waals surface area (Å²) in [5, 5.41) is 0.0384. The predicted octanol–water partition coefficient (Wildman–Crippen LogP) is 2.79. The van der Waals surface area contributed by atoms with Crippen molar-refractivity contribution in [3.63, 3.8) is 0 Å². The number of nitrogens with zero attached hydrogens (tertiary/aromatic N) is 4. The quantitative estimate of drug-likeness (QED) is 0.687. The first-order valence-electron chi connectivity index (χ1n) is 11.3. The summed E-state index contributed by atoms with van der Waals surface area (Å²) in [5.74, 6) is 1.17. The number of hydrogen-bond donors (Lipinski definition) is 0. The van der Waals surface area contributed by atoms with Gasteiger partial charge in [-0.1, -0.05) is 37.3 Å². The lowest BCUT2D eigenvalue weighted by Crippen LogP contribution is -2.40. The first kappa shape index (κ1) is 22.0. The second-order valence-electron chi connectivity index (χ2n) is 8.98. The molecule has 2 aromatic rings. The normalized spacial score (nSPS) is 19.6. The highest BCUT2D eigenvalue weighted by atomic mass is 32.2. The fourth-order valence-electron chi connectivity index (χ4n) is 4.51. The molecule has 3 heterocycles. The Kier molecular flexibility index (Phi) is 6.77. The van der Waals surface area contributed by atoms with E-state index < -0.39 is 10.0 Å². The number of sulfonamides is 1. The second kappa shape index (κ2) is 9.53. The van der Waals surface area contributed by atoms with E-state index in [1.807, 2.05) is 11.0 Å². The molecule has 2 aliphatic heterocycles. The molecule has 168 valence electrons. The van der Waals surface area contributed by atoms with Gasteiger partial charge in [-0.3, -0.25) is 4.79 Å². The third kappa shape index (κ3) is 5.36. The molecule has 1 aromatic carbocycles. The van der Waals surface area contributed by atoms with Gasteiger partial charge in [0.1, 0.15) is 6.54 Å². The van der Waals surface area contributed by atoms with E-state index in [4.69, 9.17) is 0 Å². The SMILES string of the molecule is CC1CCN(S(=O)(=O)c2cn(CC(=O)N3CCC(Cc4ccccc4)CC3)cn2)CC1. The highest BCUT2D eigenvalue weighted by Gasteiger charge is 2.30. The molecule has 0 atom stereocenters. The summed E-state index contributed by atoms with van der Waals surface area (Å²) in [5.41, 5.74) is 1.35. The van der Waals surface area contributed by atoms with Gasteiger partial charge in [0.05, 0.1) is 6.33 Å². The third-order valence-electron chi connectivity index (χ3n) is 6.61. The Bertz CT molecular complexity index is 973. The van der Waals surface area contributed by atoms with E-state index in [1.54, 1.807) is 4.57 Å². The van der Waals surface area contributed by atoms with Gasteiger partial charge in [0, 0.05) is 32.4 Å². The minimum Gasteiger partial charge on any atom is -0.341 e. The standard InChI is InChI=1S/C23H32N4O3S/c1-19-7-13-27(14-8-19)31(29,30)22-16-25(18-24-22)17-23(28)26-11-9-21(10-12-26)15-20-5-3-2-4-6-20/h2-6,16,18-19,21H,7-15,17H2,1H3. The van der Waals surface area contributed by atoms with Crippen molar-refractivity contribution in [3.05, 3.63) is 48.4 Å². The van der Waals surface area contributed by atoms with Crippen LogP contribution in [-0.4, -0.2) is 59.3 Å². The van der Waals surface area contributed by atoms with Gasteiger partial charge in [0.25, 0.3) is 10.0 Å². The number of aromatic nitrogens is 2. The van der Waals surface area contributed by atoms with Crippen molar-refractivity contribution in [1.82, 2.24) is 18.8 Å². The monoisotopic (exact) mass is 444 g/mol. The number of benzene rings is 1. The number of rotatable bonds is 6. The molecule has 0 aliphatic carbocycles. The summed E-state index contributed by atoms with van der Waals surface area (Å²) < 4.78 is 28.8. The van der Waals surface area contributed by atoms with Crippen LogP contribution in [0.15, 0.2) is 47.9 Å². The molecule has 1 aromatic heterocycles. The van der Waals surface area contributed by atoms with Crippen LogP contribution >= 0.6 is 0 Å². The van der Waals surface area contributed by atoms with Crippen LogP contribution in [0.2, 0.25) is 0 Å². The largest absolute Gasteiger partial charge is 0.341 e. The van der Waals surface area contributed by atoms with Gasteiger partial charge >= 0.3 is 0 Å². The number of carbonyl (C=O) groups excluding carboxylic acids is 1. The lowest BCUT2D eigenvalue weighted by atomic mass is 9.90. The fraction of sp³-hybridized carbons (Fsp3) is 0.565. The van der Waals surface area contributed by atoms with Crippen molar-refractivity contribution in [3.8, 4) is 0 Å². The lowest BCUT2D eigenvalue weighted by Gasteiger charge is -2.32. The smallest absolute Gasteiger partial charge is 0.262 e. The maximum Gasteiger partial charge on any atom is 0.262 e. The zero-order valence-electron chi connectivity index (χ0n) is 18.2. The first-order chi connectivity index (χ1) is 14.9. The van der Waals surface area contributed by atoms with Crippen molar-refractivity contribution >= 4 is 15.9 Å². The summed E-state index contributed by atoms with van der Waals surface area (Å²) in [6.07, 6.45) is 7.75. The molecule has 31 heavy (non-hydrogen) atoms. The topological polar surface area (TPSA) is 75.5 Å². The molecular formula is C23H32N4O3S. The van der Waals surface area contributed by atoms with Crippen molar-refractivity contribution in [2.45, 2.75) is 50.6 Å². The summed E-state index contributed by atoms with van der Waals surface area (Å²) >= 11 is 0. The predicted molar refractivity (Wildman–Crippen MR) is 119 cm³/mol. The Morgan fingerprint density at radius 3 is 2.39 bits per heavy atom. The molecule has 0 radical (unpaired) electrons. The van der Waals surface area contributed by atoms with E-state index in [2.05, 4.69) is 36.2 Å². The zero-order chi connectivity index (χ0) is 21.8. The molecule has 2 aliphatic rings. The van der Waals surface area contributed by atoms with Crippen LogP contribution in [0.25, 0.3) is 0 Å². The number of carbonyl (C=O) groups is 1. The van der Waals surface area contributed by atoms with Gasteiger partial charge in [-0.15, -0.1) is 0 Å². The Hall–Kier alpha value is -2.19. The van der Waals surface area contributed by atoms with Gasteiger partial charge in [-0.2, -0.15) is 4.31 Å². The number of imidazole rings is 1. The molecule has 2 saturated heterocycles. The Labute approximate surface area is 185 Å². The number of piperidine rings is 2. The highest BCUT2D eigenvalue weighted by molar-refractivity contribution is 7.89. The third-order valence-corrected chi connectivity index (χ3v) is 8.39. The molecular weight excluding hydrogens is 412 g/mol. The van der Waals surface area contributed by atoms with Crippen LogP contribution in [0.3, 0.4) is 0 Å². The second-order valence-corrected chi connectivity index (χ2v) is 10.9. The Balaban J connectivity index is 1.29. The van der Waals surface area contributed by atoms with Crippen molar-refractivity contribution in [2.24, 2.45) is 11.8 Å². The van der Waals surface area contributed by atoms with Gasteiger partial charge in [0.15, 0.2) is 5.03 Å². The Morgan fingerprint density at radius 2 is 1.71 bits per heavy atom. The minimum absolute atomic E-state index is 0.0197. The zero-order valence-corrected chi connectivity index (χ0v) is 19.0. The number of likely N-dealkylation sites (tertiary alicyclic amines) is 1. The fourth-order valence-corrected chi connectivity index (χ4v) is 5.91. The van der Waals surface area contributed by atoms with Crippen LogP contribution < -0.4 is 0 Å². The number of amides is 1. The average molecular weight is 445 g/mol. The van der Waals surface area contributed by atoms with E-state index >= 15 is 0 Å². The van der Waals surface area contributed by atoms with Gasteiger partial charge in [-0.25, -0.2) is 13.4 Å². The van der Waals surface area contributed by atoms with Crippen molar-refractivity contribution < 1.29 is 13.2 Å². The average Bonchev–Trinajstić information content (AvgIpc) is 3.25. The van der Waals surface area contributed by atoms with Crippen LogP contribution in [0.4, 0.5) is 0 Å². The van der Waals surface area contributed by atoms with E-state index in [0.717, 1.165) is 45.2 Å².